The molecule has 114 valence electrons. The molecule has 1 aliphatic heterocycles. The second-order valence-corrected chi connectivity index (χ2v) is 5.62. The summed E-state index contributed by atoms with van der Waals surface area (Å²) in [5.41, 5.74) is 0.921. The maximum Gasteiger partial charge on any atom is 0.223 e. The standard InChI is InChI=1S/C14H21N5O2/c1-10-6-13(21-17-10)7-15-12-4-3-5-19(8-12)9-14-16-11(2)20-18-14/h6,12,15H,3-5,7-9H2,1-2H3. The van der Waals surface area contributed by atoms with Gasteiger partial charge in [0.1, 0.15) is 0 Å². The zero-order chi connectivity index (χ0) is 14.7. The molecule has 7 nitrogen and oxygen atoms in total. The average Bonchev–Trinajstić information content (AvgIpc) is 3.06. The van der Waals surface area contributed by atoms with E-state index < -0.39 is 0 Å². The van der Waals surface area contributed by atoms with Gasteiger partial charge < -0.3 is 14.4 Å². The van der Waals surface area contributed by atoms with Crippen molar-refractivity contribution >= 4 is 0 Å². The smallest absolute Gasteiger partial charge is 0.223 e. The van der Waals surface area contributed by atoms with E-state index in [9.17, 15) is 0 Å². The Labute approximate surface area is 123 Å². The SMILES string of the molecule is Cc1cc(CNC2CCCN(Cc3noc(C)n3)C2)on1. The fourth-order valence-corrected chi connectivity index (χ4v) is 2.72. The highest BCUT2D eigenvalue weighted by Crippen LogP contribution is 2.13. The Bertz CT molecular complexity index is 579. The Balaban J connectivity index is 1.48. The van der Waals surface area contributed by atoms with E-state index in [0.29, 0.717) is 11.9 Å². The molecule has 1 atom stereocenters. The fourth-order valence-electron chi connectivity index (χ4n) is 2.72. The van der Waals surface area contributed by atoms with E-state index in [0.717, 1.165) is 43.5 Å². The maximum absolute atomic E-state index is 5.22. The van der Waals surface area contributed by atoms with E-state index in [2.05, 4.69) is 25.5 Å². The predicted molar refractivity (Wildman–Crippen MR) is 75.4 cm³/mol. The second-order valence-electron chi connectivity index (χ2n) is 5.62. The van der Waals surface area contributed by atoms with Crippen LogP contribution in [0.4, 0.5) is 0 Å². The number of aromatic nitrogens is 3. The number of nitrogens with zero attached hydrogens (tertiary/aromatic N) is 4. The quantitative estimate of drug-likeness (QED) is 0.892. The number of nitrogens with one attached hydrogen (secondary N) is 1. The van der Waals surface area contributed by atoms with Gasteiger partial charge in [-0.25, -0.2) is 0 Å². The van der Waals surface area contributed by atoms with E-state index in [-0.39, 0.29) is 0 Å². The Kier molecular flexibility index (Phi) is 4.31. The van der Waals surface area contributed by atoms with Crippen molar-refractivity contribution < 1.29 is 9.05 Å². The predicted octanol–water partition coefficient (Wildman–Crippen LogP) is 1.43. The molecule has 1 unspecified atom stereocenters. The number of rotatable bonds is 5. The summed E-state index contributed by atoms with van der Waals surface area (Å²) in [6.07, 6.45) is 2.35. The molecule has 1 aliphatic rings. The molecule has 0 aromatic carbocycles. The van der Waals surface area contributed by atoms with Crippen molar-refractivity contribution in [3.8, 4) is 0 Å². The minimum Gasteiger partial charge on any atom is -0.360 e. The van der Waals surface area contributed by atoms with Crippen LogP contribution in [0.3, 0.4) is 0 Å². The van der Waals surface area contributed by atoms with Gasteiger partial charge in [0.25, 0.3) is 0 Å². The molecule has 2 aromatic heterocycles. The molecule has 1 N–H and O–H groups in total. The van der Waals surface area contributed by atoms with Crippen molar-refractivity contribution in [1.82, 2.24) is 25.5 Å². The van der Waals surface area contributed by atoms with E-state index >= 15 is 0 Å². The van der Waals surface area contributed by atoms with Crippen LogP contribution in [0.2, 0.25) is 0 Å². The van der Waals surface area contributed by atoms with Crippen LogP contribution < -0.4 is 5.32 Å². The van der Waals surface area contributed by atoms with Crippen molar-refractivity contribution in [3.63, 3.8) is 0 Å². The van der Waals surface area contributed by atoms with E-state index in [4.69, 9.17) is 9.05 Å². The molecule has 0 amide bonds. The number of piperidine rings is 1. The first-order valence-corrected chi connectivity index (χ1v) is 7.36. The highest BCUT2D eigenvalue weighted by molar-refractivity contribution is 5.02. The van der Waals surface area contributed by atoms with E-state index in [1.807, 2.05) is 19.9 Å². The summed E-state index contributed by atoms with van der Waals surface area (Å²) in [5, 5.41) is 11.4. The van der Waals surface area contributed by atoms with Crippen LogP contribution in [0.15, 0.2) is 15.1 Å². The zero-order valence-electron chi connectivity index (χ0n) is 12.5. The van der Waals surface area contributed by atoms with Crippen LogP contribution >= 0.6 is 0 Å². The molecule has 2 aromatic rings. The third kappa shape index (κ3) is 3.89. The molecule has 7 heteroatoms. The Morgan fingerprint density at radius 1 is 1.33 bits per heavy atom. The molecule has 3 heterocycles. The summed E-state index contributed by atoms with van der Waals surface area (Å²) in [5.74, 6) is 2.27. The molecule has 0 aliphatic carbocycles. The average molecular weight is 291 g/mol. The second kappa shape index (κ2) is 6.36. The highest BCUT2D eigenvalue weighted by atomic mass is 16.5. The summed E-state index contributed by atoms with van der Waals surface area (Å²) in [6, 6.07) is 2.42. The van der Waals surface area contributed by atoms with Crippen LogP contribution in [0.5, 0.6) is 0 Å². The number of aryl methyl sites for hydroxylation is 2. The summed E-state index contributed by atoms with van der Waals surface area (Å²) in [7, 11) is 0. The lowest BCUT2D eigenvalue weighted by atomic mass is 10.1. The normalized spacial score (nSPS) is 20.0. The summed E-state index contributed by atoms with van der Waals surface area (Å²) in [6.45, 7) is 7.28. The van der Waals surface area contributed by atoms with Gasteiger partial charge in [-0.1, -0.05) is 10.3 Å². The van der Waals surface area contributed by atoms with Gasteiger partial charge >= 0.3 is 0 Å². The summed E-state index contributed by atoms with van der Waals surface area (Å²) < 4.78 is 10.2. The van der Waals surface area contributed by atoms with Crippen LogP contribution in [0.25, 0.3) is 0 Å². The molecule has 0 saturated carbocycles. The molecule has 1 saturated heterocycles. The first-order chi connectivity index (χ1) is 10.2. The van der Waals surface area contributed by atoms with Gasteiger partial charge in [0.2, 0.25) is 5.89 Å². The van der Waals surface area contributed by atoms with E-state index in [1.165, 1.54) is 12.8 Å². The molecule has 0 spiro atoms. The molecule has 1 fully saturated rings. The van der Waals surface area contributed by atoms with Gasteiger partial charge in [0.05, 0.1) is 18.8 Å². The Morgan fingerprint density at radius 3 is 2.95 bits per heavy atom. The Morgan fingerprint density at radius 2 is 2.24 bits per heavy atom. The van der Waals surface area contributed by atoms with Crippen LogP contribution in [-0.2, 0) is 13.1 Å². The first-order valence-electron chi connectivity index (χ1n) is 7.36. The van der Waals surface area contributed by atoms with Crippen molar-refractivity contribution in [2.75, 3.05) is 13.1 Å². The summed E-state index contributed by atoms with van der Waals surface area (Å²) >= 11 is 0. The molecule has 21 heavy (non-hydrogen) atoms. The fraction of sp³-hybridized carbons (Fsp3) is 0.643. The van der Waals surface area contributed by atoms with Gasteiger partial charge in [-0.3, -0.25) is 4.90 Å². The molecular weight excluding hydrogens is 270 g/mol. The van der Waals surface area contributed by atoms with Gasteiger partial charge in [0, 0.05) is 25.6 Å². The van der Waals surface area contributed by atoms with Crippen molar-refractivity contribution in [2.45, 2.75) is 45.8 Å². The lowest BCUT2D eigenvalue weighted by Gasteiger charge is -2.32. The largest absolute Gasteiger partial charge is 0.360 e. The monoisotopic (exact) mass is 291 g/mol. The molecular formula is C14H21N5O2. The molecule has 3 rings (SSSR count). The zero-order valence-corrected chi connectivity index (χ0v) is 12.5. The van der Waals surface area contributed by atoms with Gasteiger partial charge in [-0.05, 0) is 26.3 Å². The number of hydrogen-bond acceptors (Lipinski definition) is 7. The topological polar surface area (TPSA) is 80.2 Å². The maximum atomic E-state index is 5.22. The van der Waals surface area contributed by atoms with E-state index in [1.54, 1.807) is 0 Å². The minimum absolute atomic E-state index is 0.456. The van der Waals surface area contributed by atoms with Crippen molar-refractivity contribution in [2.24, 2.45) is 0 Å². The van der Waals surface area contributed by atoms with Crippen molar-refractivity contribution in [3.05, 3.63) is 29.2 Å². The van der Waals surface area contributed by atoms with Crippen LogP contribution in [-0.4, -0.2) is 39.3 Å². The van der Waals surface area contributed by atoms with Gasteiger partial charge in [0.15, 0.2) is 11.6 Å². The Hall–Kier alpha value is -1.73. The third-order valence-corrected chi connectivity index (χ3v) is 3.68. The molecule has 0 bridgehead atoms. The number of likely N-dealkylation sites (tertiary alicyclic amines) is 1. The first kappa shape index (κ1) is 14.2. The van der Waals surface area contributed by atoms with Crippen LogP contribution in [0.1, 0.15) is 36.0 Å². The van der Waals surface area contributed by atoms with Crippen molar-refractivity contribution in [1.29, 1.82) is 0 Å². The minimum atomic E-state index is 0.456. The lowest BCUT2D eigenvalue weighted by Crippen LogP contribution is -2.45. The van der Waals surface area contributed by atoms with Gasteiger partial charge in [-0.15, -0.1) is 0 Å². The molecule has 0 radical (unpaired) electrons. The third-order valence-electron chi connectivity index (χ3n) is 3.68. The summed E-state index contributed by atoms with van der Waals surface area (Å²) in [4.78, 5) is 6.62. The van der Waals surface area contributed by atoms with Crippen LogP contribution in [0, 0.1) is 13.8 Å². The number of hydrogen-bond donors (Lipinski definition) is 1. The lowest BCUT2D eigenvalue weighted by molar-refractivity contribution is 0.175. The van der Waals surface area contributed by atoms with Gasteiger partial charge in [-0.2, -0.15) is 4.98 Å². The highest BCUT2D eigenvalue weighted by Gasteiger charge is 2.21.